The lowest BCUT2D eigenvalue weighted by Crippen LogP contribution is -2.18. The molecule has 0 N–H and O–H groups in total. The zero-order chi connectivity index (χ0) is 26.0. The molecule has 38 heavy (non-hydrogen) atoms. The van der Waals surface area contributed by atoms with Crippen LogP contribution in [0, 0.1) is 0 Å². The molecule has 3 aromatic carbocycles. The fourth-order valence-corrected chi connectivity index (χ4v) is 8.05. The summed E-state index contributed by atoms with van der Waals surface area (Å²) < 4.78 is 28.0. The third kappa shape index (κ3) is 5.17. The topological polar surface area (TPSA) is 40.6 Å². The van der Waals surface area contributed by atoms with Gasteiger partial charge in [0.2, 0.25) is 0 Å². The number of hydrogen-bond acceptors (Lipinski definition) is 4. The van der Waals surface area contributed by atoms with E-state index < -0.39 is 15.1 Å². The van der Waals surface area contributed by atoms with E-state index in [1.165, 1.54) is 42.6 Å². The zero-order valence-corrected chi connectivity index (χ0v) is 22.7. The third-order valence-electron chi connectivity index (χ3n) is 8.18. The molecule has 3 aromatic rings. The first-order valence-electron chi connectivity index (χ1n) is 14.0. The summed E-state index contributed by atoms with van der Waals surface area (Å²) in [4.78, 5) is 5.21. The van der Waals surface area contributed by atoms with Crippen LogP contribution >= 0.6 is 0 Å². The number of rotatable bonds is 7. The van der Waals surface area contributed by atoms with E-state index in [0.29, 0.717) is 4.90 Å². The largest absolute Gasteiger partial charge is 0.372 e. The molecule has 196 valence electrons. The first-order valence-corrected chi connectivity index (χ1v) is 15.5. The van der Waals surface area contributed by atoms with Crippen molar-refractivity contribution in [1.82, 2.24) is 0 Å². The standard InChI is InChI=1S/C33H36N2O2S/c36-38(37,32-8-2-1-3-9-32)33(28-14-18-31(19-15-28)35-22-6-7-23-35)29-13-10-27(25-29)24-26-11-16-30(17-12-26)34-20-4-5-21-34/h1-3,8-9,11-12,14-19,24-25,33H,4-7,10,13,20-23H2. The van der Waals surface area contributed by atoms with Gasteiger partial charge in [-0.05, 0) is 97.2 Å². The van der Waals surface area contributed by atoms with E-state index in [1.807, 2.05) is 18.2 Å². The molecule has 1 unspecified atom stereocenters. The second-order valence-electron chi connectivity index (χ2n) is 10.7. The Balaban J connectivity index is 1.31. The van der Waals surface area contributed by atoms with E-state index in [9.17, 15) is 8.42 Å². The van der Waals surface area contributed by atoms with E-state index >= 15 is 0 Å². The highest BCUT2D eigenvalue weighted by Crippen LogP contribution is 2.42. The van der Waals surface area contributed by atoms with Crippen molar-refractivity contribution >= 4 is 27.3 Å². The summed E-state index contributed by atoms with van der Waals surface area (Å²) in [6, 6.07) is 25.9. The fraction of sp³-hybridized carbons (Fsp3) is 0.333. The minimum atomic E-state index is -3.60. The number of hydrogen-bond donors (Lipinski definition) is 0. The van der Waals surface area contributed by atoms with Gasteiger partial charge >= 0.3 is 0 Å². The molecule has 0 saturated carbocycles. The monoisotopic (exact) mass is 524 g/mol. The van der Waals surface area contributed by atoms with Gasteiger partial charge in [0, 0.05) is 37.6 Å². The Labute approximate surface area is 227 Å². The summed E-state index contributed by atoms with van der Waals surface area (Å²) >= 11 is 0. The van der Waals surface area contributed by atoms with Gasteiger partial charge in [0.25, 0.3) is 0 Å². The maximum Gasteiger partial charge on any atom is 0.189 e. The van der Waals surface area contributed by atoms with Crippen LogP contribution in [-0.2, 0) is 9.84 Å². The molecule has 0 bridgehead atoms. The van der Waals surface area contributed by atoms with Gasteiger partial charge in [-0.1, -0.05) is 54.6 Å². The molecule has 4 nitrogen and oxygen atoms in total. The Morgan fingerprint density at radius 3 is 1.79 bits per heavy atom. The molecule has 5 heteroatoms. The second kappa shape index (κ2) is 10.8. The van der Waals surface area contributed by atoms with Crippen molar-refractivity contribution in [3.63, 3.8) is 0 Å². The Bertz CT molecular complexity index is 1410. The van der Waals surface area contributed by atoms with Crippen molar-refractivity contribution in [2.45, 2.75) is 48.7 Å². The van der Waals surface area contributed by atoms with Gasteiger partial charge in [-0.15, -0.1) is 0 Å². The van der Waals surface area contributed by atoms with Crippen molar-refractivity contribution in [1.29, 1.82) is 0 Å². The Morgan fingerprint density at radius 2 is 1.21 bits per heavy atom. The number of allylic oxidation sites excluding steroid dienone is 2. The van der Waals surface area contributed by atoms with Gasteiger partial charge in [0.15, 0.2) is 9.84 Å². The summed E-state index contributed by atoms with van der Waals surface area (Å²) in [5.74, 6) is 0. The smallest absolute Gasteiger partial charge is 0.189 e. The quantitative estimate of drug-likeness (QED) is 0.328. The summed E-state index contributed by atoms with van der Waals surface area (Å²) in [6.45, 7) is 4.43. The van der Waals surface area contributed by atoms with Crippen molar-refractivity contribution in [2.24, 2.45) is 0 Å². The average Bonchev–Trinajstić information content (AvgIpc) is 3.74. The molecular weight excluding hydrogens is 488 g/mol. The van der Waals surface area contributed by atoms with E-state index in [0.717, 1.165) is 55.7 Å². The van der Waals surface area contributed by atoms with E-state index in [4.69, 9.17) is 0 Å². The lowest BCUT2D eigenvalue weighted by atomic mass is 10.0. The van der Waals surface area contributed by atoms with Crippen molar-refractivity contribution in [2.75, 3.05) is 36.0 Å². The molecule has 0 amide bonds. The van der Waals surface area contributed by atoms with Gasteiger partial charge in [0.05, 0.1) is 4.90 Å². The highest BCUT2D eigenvalue weighted by atomic mass is 32.2. The van der Waals surface area contributed by atoms with E-state index in [2.05, 4.69) is 58.4 Å². The van der Waals surface area contributed by atoms with E-state index in [1.54, 1.807) is 24.3 Å². The maximum atomic E-state index is 14.0. The van der Waals surface area contributed by atoms with Gasteiger partial charge in [-0.2, -0.15) is 0 Å². The first kappa shape index (κ1) is 25.0. The van der Waals surface area contributed by atoms with Gasteiger partial charge in [0.1, 0.15) is 5.25 Å². The SMILES string of the molecule is O=S(=O)(c1ccccc1)C(C1=CC(=Cc2ccc(N3CCCC3)cc2)CC1)c1ccc(N2CCCC2)cc1. The van der Waals surface area contributed by atoms with Crippen LogP contribution in [-0.4, -0.2) is 34.6 Å². The van der Waals surface area contributed by atoms with Crippen molar-refractivity contribution in [3.8, 4) is 0 Å². The predicted octanol–water partition coefficient (Wildman–Crippen LogP) is 7.21. The van der Waals surface area contributed by atoms with Crippen LogP contribution in [0.15, 0.2) is 101 Å². The Morgan fingerprint density at radius 1 is 0.658 bits per heavy atom. The van der Waals surface area contributed by atoms with Crippen molar-refractivity contribution < 1.29 is 8.42 Å². The zero-order valence-electron chi connectivity index (χ0n) is 21.9. The van der Waals surface area contributed by atoms with Gasteiger partial charge in [-0.25, -0.2) is 8.42 Å². The Kier molecular flexibility index (Phi) is 7.12. The van der Waals surface area contributed by atoms with Crippen LogP contribution in [0.2, 0.25) is 0 Å². The maximum absolute atomic E-state index is 14.0. The third-order valence-corrected chi connectivity index (χ3v) is 10.3. The number of sulfone groups is 1. The molecule has 0 radical (unpaired) electrons. The Hall–Kier alpha value is -3.31. The van der Waals surface area contributed by atoms with Crippen LogP contribution in [0.4, 0.5) is 11.4 Å². The fourth-order valence-electron chi connectivity index (χ4n) is 6.14. The minimum Gasteiger partial charge on any atom is -0.372 e. The van der Waals surface area contributed by atoms with Gasteiger partial charge in [-0.3, -0.25) is 0 Å². The average molecular weight is 525 g/mol. The second-order valence-corrected chi connectivity index (χ2v) is 12.8. The molecule has 1 aliphatic carbocycles. The molecule has 3 aliphatic rings. The molecule has 0 aromatic heterocycles. The lowest BCUT2D eigenvalue weighted by molar-refractivity contribution is 0.587. The van der Waals surface area contributed by atoms with Crippen LogP contribution in [0.25, 0.3) is 6.08 Å². The number of nitrogens with zero attached hydrogens (tertiary/aromatic N) is 2. The molecule has 2 fully saturated rings. The summed E-state index contributed by atoms with van der Waals surface area (Å²) in [5, 5.41) is -0.680. The minimum absolute atomic E-state index is 0.379. The van der Waals surface area contributed by atoms with Crippen LogP contribution < -0.4 is 9.80 Å². The molecule has 6 rings (SSSR count). The summed E-state index contributed by atoms with van der Waals surface area (Å²) in [5.41, 5.74) is 6.65. The molecule has 2 aliphatic heterocycles. The molecule has 1 atom stereocenters. The van der Waals surface area contributed by atoms with Crippen LogP contribution in [0.5, 0.6) is 0 Å². The summed E-state index contributed by atoms with van der Waals surface area (Å²) in [6.07, 6.45) is 10.9. The number of anilines is 2. The van der Waals surface area contributed by atoms with Crippen LogP contribution in [0.1, 0.15) is 54.9 Å². The van der Waals surface area contributed by atoms with Crippen molar-refractivity contribution in [3.05, 3.63) is 107 Å². The number of benzene rings is 3. The normalized spacial score (nSPS) is 19.8. The lowest BCUT2D eigenvalue weighted by Gasteiger charge is -2.22. The molecule has 2 heterocycles. The van der Waals surface area contributed by atoms with E-state index in [-0.39, 0.29) is 0 Å². The molecule has 2 saturated heterocycles. The van der Waals surface area contributed by atoms with Crippen LogP contribution in [0.3, 0.4) is 0 Å². The molecular formula is C33H36N2O2S. The first-order chi connectivity index (χ1) is 18.6. The predicted molar refractivity (Wildman–Crippen MR) is 157 cm³/mol. The summed E-state index contributed by atoms with van der Waals surface area (Å²) in [7, 11) is -3.60. The highest BCUT2D eigenvalue weighted by Gasteiger charge is 2.34. The van der Waals surface area contributed by atoms with Gasteiger partial charge < -0.3 is 9.80 Å². The molecule has 0 spiro atoms. The highest BCUT2D eigenvalue weighted by molar-refractivity contribution is 7.92.